The van der Waals surface area contributed by atoms with Gasteiger partial charge in [-0.05, 0) is 37.4 Å². The Kier molecular flexibility index (Phi) is 4.33. The summed E-state index contributed by atoms with van der Waals surface area (Å²) < 4.78 is 5.54. The Labute approximate surface area is 106 Å². The third-order valence-electron chi connectivity index (χ3n) is 2.57. The van der Waals surface area contributed by atoms with Crippen LogP contribution >= 0.6 is 23.2 Å². The van der Waals surface area contributed by atoms with Gasteiger partial charge >= 0.3 is 0 Å². The van der Waals surface area contributed by atoms with Crippen molar-refractivity contribution in [2.75, 3.05) is 19.7 Å². The van der Waals surface area contributed by atoms with Gasteiger partial charge < -0.3 is 10.1 Å². The van der Waals surface area contributed by atoms with E-state index in [0.717, 1.165) is 24.8 Å². The van der Waals surface area contributed by atoms with Crippen molar-refractivity contribution >= 4 is 23.2 Å². The van der Waals surface area contributed by atoms with Crippen LogP contribution in [0.4, 0.5) is 0 Å². The molecule has 0 aromatic heterocycles. The molecule has 0 saturated heterocycles. The summed E-state index contributed by atoms with van der Waals surface area (Å²) >= 11 is 11.7. The molecule has 88 valence electrons. The van der Waals surface area contributed by atoms with Crippen molar-refractivity contribution in [3.63, 3.8) is 0 Å². The summed E-state index contributed by atoms with van der Waals surface area (Å²) in [5.41, 5.74) is 0. The molecule has 1 N–H and O–H groups in total. The van der Waals surface area contributed by atoms with E-state index in [1.807, 2.05) is 6.07 Å². The molecule has 16 heavy (non-hydrogen) atoms. The van der Waals surface area contributed by atoms with Gasteiger partial charge in [0.05, 0.1) is 10.0 Å². The lowest BCUT2D eigenvalue weighted by Gasteiger charge is -2.07. The van der Waals surface area contributed by atoms with Crippen LogP contribution in [0.3, 0.4) is 0 Å². The predicted octanol–water partition coefficient (Wildman–Crippen LogP) is 3.37. The minimum Gasteiger partial charge on any atom is -0.492 e. The summed E-state index contributed by atoms with van der Waals surface area (Å²) in [6.45, 7) is 2.65. The molecule has 4 heteroatoms. The third-order valence-corrected chi connectivity index (χ3v) is 3.31. The fourth-order valence-corrected chi connectivity index (χ4v) is 1.72. The Hall–Kier alpha value is -0.440. The van der Waals surface area contributed by atoms with Crippen molar-refractivity contribution in [1.29, 1.82) is 0 Å². The van der Waals surface area contributed by atoms with Gasteiger partial charge in [0.15, 0.2) is 0 Å². The van der Waals surface area contributed by atoms with Crippen LogP contribution in [0.5, 0.6) is 5.75 Å². The number of rotatable bonds is 6. The second kappa shape index (κ2) is 5.76. The molecule has 0 unspecified atom stereocenters. The molecule has 2 rings (SSSR count). The van der Waals surface area contributed by atoms with Gasteiger partial charge in [-0.25, -0.2) is 0 Å². The first-order chi connectivity index (χ1) is 7.75. The summed E-state index contributed by atoms with van der Waals surface area (Å²) in [6, 6.07) is 5.32. The highest BCUT2D eigenvalue weighted by molar-refractivity contribution is 6.42. The van der Waals surface area contributed by atoms with E-state index in [1.165, 1.54) is 12.8 Å². The fraction of sp³-hybridized carbons (Fsp3) is 0.500. The Morgan fingerprint density at radius 1 is 1.25 bits per heavy atom. The monoisotopic (exact) mass is 259 g/mol. The summed E-state index contributed by atoms with van der Waals surface area (Å²) in [4.78, 5) is 0. The van der Waals surface area contributed by atoms with Gasteiger partial charge in [0.1, 0.15) is 12.4 Å². The van der Waals surface area contributed by atoms with E-state index in [4.69, 9.17) is 27.9 Å². The lowest BCUT2D eigenvalue weighted by atomic mass is 10.3. The van der Waals surface area contributed by atoms with Crippen LogP contribution in [0.2, 0.25) is 10.0 Å². The molecule has 0 aliphatic heterocycles. The van der Waals surface area contributed by atoms with E-state index in [2.05, 4.69) is 5.32 Å². The average Bonchev–Trinajstić information content (AvgIpc) is 3.07. The van der Waals surface area contributed by atoms with Crippen molar-refractivity contribution in [2.45, 2.75) is 12.8 Å². The summed E-state index contributed by atoms with van der Waals surface area (Å²) in [6.07, 6.45) is 2.75. The molecular formula is C12H15Cl2NO. The first-order valence-electron chi connectivity index (χ1n) is 5.54. The van der Waals surface area contributed by atoms with Gasteiger partial charge in [0.25, 0.3) is 0 Å². The normalized spacial score (nSPS) is 15.1. The molecule has 0 spiro atoms. The quantitative estimate of drug-likeness (QED) is 0.792. The average molecular weight is 260 g/mol. The van der Waals surface area contributed by atoms with E-state index in [0.29, 0.717) is 16.7 Å². The number of hydrogen-bond acceptors (Lipinski definition) is 2. The number of halogens is 2. The van der Waals surface area contributed by atoms with E-state index in [-0.39, 0.29) is 0 Å². The van der Waals surface area contributed by atoms with Crippen LogP contribution < -0.4 is 10.1 Å². The first-order valence-corrected chi connectivity index (χ1v) is 6.30. The maximum Gasteiger partial charge on any atom is 0.120 e. The topological polar surface area (TPSA) is 21.3 Å². The number of ether oxygens (including phenoxy) is 1. The van der Waals surface area contributed by atoms with E-state index < -0.39 is 0 Å². The van der Waals surface area contributed by atoms with Crippen molar-refractivity contribution in [2.24, 2.45) is 5.92 Å². The number of nitrogens with one attached hydrogen (secondary N) is 1. The first kappa shape index (κ1) is 12.0. The standard InChI is InChI=1S/C12H15Cl2NO/c13-11-4-3-10(7-12(11)14)16-6-5-15-8-9-1-2-9/h3-4,7,9,15H,1-2,5-6,8H2. The van der Waals surface area contributed by atoms with Gasteiger partial charge in [-0.1, -0.05) is 23.2 Å². The zero-order valence-corrected chi connectivity index (χ0v) is 10.5. The molecule has 1 aliphatic carbocycles. The van der Waals surface area contributed by atoms with Gasteiger partial charge in [-0.3, -0.25) is 0 Å². The second-order valence-electron chi connectivity index (χ2n) is 4.07. The molecule has 1 aromatic carbocycles. The number of hydrogen-bond donors (Lipinski definition) is 1. The van der Waals surface area contributed by atoms with Crippen LogP contribution in [0.25, 0.3) is 0 Å². The molecule has 0 radical (unpaired) electrons. The zero-order valence-electron chi connectivity index (χ0n) is 9.01. The lowest BCUT2D eigenvalue weighted by molar-refractivity contribution is 0.313. The molecule has 0 bridgehead atoms. The highest BCUT2D eigenvalue weighted by Crippen LogP contribution is 2.27. The lowest BCUT2D eigenvalue weighted by Crippen LogP contribution is -2.23. The van der Waals surface area contributed by atoms with Crippen molar-refractivity contribution in [3.8, 4) is 5.75 Å². The summed E-state index contributed by atoms with van der Waals surface area (Å²) in [5.74, 6) is 1.67. The van der Waals surface area contributed by atoms with E-state index in [1.54, 1.807) is 12.1 Å². The smallest absolute Gasteiger partial charge is 0.120 e. The Morgan fingerprint density at radius 3 is 2.75 bits per heavy atom. The highest BCUT2D eigenvalue weighted by atomic mass is 35.5. The Balaban J connectivity index is 1.65. The predicted molar refractivity (Wildman–Crippen MR) is 67.6 cm³/mol. The molecule has 0 amide bonds. The maximum absolute atomic E-state index is 5.88. The van der Waals surface area contributed by atoms with Crippen LogP contribution in [0.15, 0.2) is 18.2 Å². The van der Waals surface area contributed by atoms with Crippen LogP contribution in [-0.4, -0.2) is 19.7 Å². The highest BCUT2D eigenvalue weighted by Gasteiger charge is 2.19. The molecule has 1 fully saturated rings. The molecular weight excluding hydrogens is 245 g/mol. The fourth-order valence-electron chi connectivity index (χ4n) is 1.44. The van der Waals surface area contributed by atoms with Crippen molar-refractivity contribution in [1.82, 2.24) is 5.32 Å². The van der Waals surface area contributed by atoms with E-state index >= 15 is 0 Å². The molecule has 1 aromatic rings. The SMILES string of the molecule is Clc1ccc(OCCNCC2CC2)cc1Cl. The summed E-state index contributed by atoms with van der Waals surface area (Å²) in [7, 11) is 0. The second-order valence-corrected chi connectivity index (χ2v) is 4.89. The van der Waals surface area contributed by atoms with Crippen molar-refractivity contribution in [3.05, 3.63) is 28.2 Å². The maximum atomic E-state index is 5.88. The molecule has 1 saturated carbocycles. The van der Waals surface area contributed by atoms with Gasteiger partial charge in [0.2, 0.25) is 0 Å². The molecule has 0 heterocycles. The third kappa shape index (κ3) is 3.85. The minimum absolute atomic E-state index is 0.533. The Morgan fingerprint density at radius 2 is 2.06 bits per heavy atom. The molecule has 0 atom stereocenters. The van der Waals surface area contributed by atoms with E-state index in [9.17, 15) is 0 Å². The zero-order chi connectivity index (χ0) is 11.4. The van der Waals surface area contributed by atoms with Crippen LogP contribution in [0.1, 0.15) is 12.8 Å². The largest absolute Gasteiger partial charge is 0.492 e. The van der Waals surface area contributed by atoms with Gasteiger partial charge in [0, 0.05) is 12.6 Å². The van der Waals surface area contributed by atoms with Crippen molar-refractivity contribution < 1.29 is 4.74 Å². The molecule has 1 aliphatic rings. The minimum atomic E-state index is 0.533. The Bertz CT molecular complexity index is 353. The summed E-state index contributed by atoms with van der Waals surface area (Å²) in [5, 5.41) is 4.45. The number of benzene rings is 1. The van der Waals surface area contributed by atoms with Gasteiger partial charge in [-0.2, -0.15) is 0 Å². The van der Waals surface area contributed by atoms with Gasteiger partial charge in [-0.15, -0.1) is 0 Å². The van der Waals surface area contributed by atoms with Crippen LogP contribution in [0, 0.1) is 5.92 Å². The molecule has 2 nitrogen and oxygen atoms in total. The van der Waals surface area contributed by atoms with Crippen LogP contribution in [-0.2, 0) is 0 Å².